The fourth-order valence-corrected chi connectivity index (χ4v) is 4.10. The molecule has 2 fully saturated rings. The van der Waals surface area contributed by atoms with Crippen LogP contribution < -0.4 is 10.1 Å². The second-order valence-corrected chi connectivity index (χ2v) is 7.93. The van der Waals surface area contributed by atoms with E-state index in [0.29, 0.717) is 11.3 Å². The number of ketones is 1. The van der Waals surface area contributed by atoms with Crippen LogP contribution in [0.2, 0.25) is 0 Å². The number of carbonyl (C=O) groups excluding carboxylic acids is 3. The summed E-state index contributed by atoms with van der Waals surface area (Å²) >= 11 is 0. The third-order valence-corrected chi connectivity index (χ3v) is 5.80. The van der Waals surface area contributed by atoms with Crippen molar-refractivity contribution in [3.8, 4) is 5.75 Å². The molecule has 0 spiro atoms. The minimum Gasteiger partial charge on any atom is -0.491 e. The lowest BCUT2D eigenvalue weighted by Crippen LogP contribution is -2.51. The van der Waals surface area contributed by atoms with Gasteiger partial charge in [-0.15, -0.1) is 0 Å². The SMILES string of the molecule is CC(=O)c1cccc(OCC(O)CN2C(=O)NC(C)(C3CCCCC3)C2=O)c1. The van der Waals surface area contributed by atoms with Crippen LogP contribution in [0.3, 0.4) is 0 Å². The number of imide groups is 1. The first kappa shape index (κ1) is 20.3. The maximum absolute atomic E-state index is 12.9. The molecule has 0 bridgehead atoms. The minimum absolute atomic E-state index is 0.0765. The zero-order valence-electron chi connectivity index (χ0n) is 16.4. The molecule has 7 heteroatoms. The van der Waals surface area contributed by atoms with Crippen LogP contribution in [-0.4, -0.2) is 52.5 Å². The Labute approximate surface area is 165 Å². The molecule has 1 heterocycles. The number of ether oxygens (including phenoxy) is 1. The van der Waals surface area contributed by atoms with Crippen molar-refractivity contribution < 1.29 is 24.2 Å². The van der Waals surface area contributed by atoms with Gasteiger partial charge in [0, 0.05) is 5.56 Å². The molecule has 152 valence electrons. The summed E-state index contributed by atoms with van der Waals surface area (Å²) in [6.45, 7) is 3.05. The molecule has 1 saturated heterocycles. The number of hydrogen-bond acceptors (Lipinski definition) is 5. The summed E-state index contributed by atoms with van der Waals surface area (Å²) in [7, 11) is 0. The summed E-state index contributed by atoms with van der Waals surface area (Å²) in [4.78, 5) is 37.8. The van der Waals surface area contributed by atoms with Gasteiger partial charge >= 0.3 is 6.03 Å². The number of aliphatic hydroxyl groups excluding tert-OH is 1. The predicted molar refractivity (Wildman–Crippen MR) is 103 cm³/mol. The molecule has 1 aromatic carbocycles. The first-order valence-corrected chi connectivity index (χ1v) is 9.87. The van der Waals surface area contributed by atoms with Crippen LogP contribution >= 0.6 is 0 Å². The number of β-amino-alcohol motifs (C(OH)–C–C–N with tert-alkyl or cyclic N) is 1. The lowest BCUT2D eigenvalue weighted by Gasteiger charge is -2.34. The lowest BCUT2D eigenvalue weighted by molar-refractivity contribution is -0.134. The number of aliphatic hydroxyl groups is 1. The summed E-state index contributed by atoms with van der Waals surface area (Å²) in [6.07, 6.45) is 4.13. The molecule has 2 atom stereocenters. The van der Waals surface area contributed by atoms with Crippen molar-refractivity contribution in [2.24, 2.45) is 5.92 Å². The van der Waals surface area contributed by atoms with Crippen molar-refractivity contribution in [3.63, 3.8) is 0 Å². The number of benzene rings is 1. The van der Waals surface area contributed by atoms with Crippen LogP contribution in [-0.2, 0) is 4.79 Å². The van der Waals surface area contributed by atoms with Gasteiger partial charge in [0.15, 0.2) is 5.78 Å². The number of Topliss-reactive ketones (excluding diaryl/α,β-unsaturated/α-hetero) is 1. The Morgan fingerprint density at radius 1 is 1.32 bits per heavy atom. The maximum atomic E-state index is 12.9. The second kappa shape index (κ2) is 8.31. The monoisotopic (exact) mass is 388 g/mol. The van der Waals surface area contributed by atoms with Crippen molar-refractivity contribution in [1.29, 1.82) is 0 Å². The number of hydrogen-bond donors (Lipinski definition) is 2. The molecule has 1 saturated carbocycles. The van der Waals surface area contributed by atoms with E-state index in [1.165, 1.54) is 13.3 Å². The Morgan fingerprint density at radius 3 is 2.71 bits per heavy atom. The molecule has 7 nitrogen and oxygen atoms in total. The summed E-state index contributed by atoms with van der Waals surface area (Å²) in [5.41, 5.74) is -0.377. The fraction of sp³-hybridized carbons (Fsp3) is 0.571. The van der Waals surface area contributed by atoms with E-state index in [-0.39, 0.29) is 30.8 Å². The third kappa shape index (κ3) is 4.19. The average Bonchev–Trinajstić information content (AvgIpc) is 2.91. The maximum Gasteiger partial charge on any atom is 0.325 e. The van der Waals surface area contributed by atoms with Gasteiger partial charge in [0.25, 0.3) is 5.91 Å². The van der Waals surface area contributed by atoms with Gasteiger partial charge in [-0.25, -0.2) is 4.79 Å². The zero-order valence-corrected chi connectivity index (χ0v) is 16.4. The van der Waals surface area contributed by atoms with Crippen LogP contribution in [0.25, 0.3) is 0 Å². The molecule has 2 aliphatic rings. The molecule has 1 aromatic rings. The molecule has 1 aliphatic heterocycles. The smallest absolute Gasteiger partial charge is 0.325 e. The normalized spacial score (nSPS) is 24.2. The lowest BCUT2D eigenvalue weighted by atomic mass is 9.75. The second-order valence-electron chi connectivity index (χ2n) is 7.93. The van der Waals surface area contributed by atoms with E-state index in [0.717, 1.165) is 30.6 Å². The van der Waals surface area contributed by atoms with E-state index in [1.54, 1.807) is 31.2 Å². The highest BCUT2D eigenvalue weighted by molar-refractivity contribution is 6.07. The molecule has 0 aromatic heterocycles. The van der Waals surface area contributed by atoms with E-state index in [2.05, 4.69) is 5.32 Å². The summed E-state index contributed by atoms with van der Waals surface area (Å²) < 4.78 is 5.54. The Kier molecular flexibility index (Phi) is 6.03. The van der Waals surface area contributed by atoms with Crippen LogP contribution in [0.4, 0.5) is 4.79 Å². The number of nitrogens with one attached hydrogen (secondary N) is 1. The molecule has 3 rings (SSSR count). The largest absolute Gasteiger partial charge is 0.491 e. The molecule has 2 unspecified atom stereocenters. The number of nitrogens with zero attached hydrogens (tertiary/aromatic N) is 1. The van der Waals surface area contributed by atoms with E-state index in [9.17, 15) is 19.5 Å². The van der Waals surface area contributed by atoms with Crippen molar-refractivity contribution in [1.82, 2.24) is 10.2 Å². The number of amides is 3. The summed E-state index contributed by atoms with van der Waals surface area (Å²) in [6, 6.07) is 6.21. The van der Waals surface area contributed by atoms with Gasteiger partial charge in [-0.1, -0.05) is 31.4 Å². The van der Waals surface area contributed by atoms with Gasteiger partial charge < -0.3 is 15.2 Å². The predicted octanol–water partition coefficient (Wildman–Crippen LogP) is 2.52. The van der Waals surface area contributed by atoms with Crippen LogP contribution in [0.5, 0.6) is 5.75 Å². The highest BCUT2D eigenvalue weighted by atomic mass is 16.5. The molecule has 0 radical (unpaired) electrons. The molecule has 1 aliphatic carbocycles. The Bertz CT molecular complexity index is 759. The highest BCUT2D eigenvalue weighted by Gasteiger charge is 2.52. The molecule has 2 N–H and O–H groups in total. The van der Waals surface area contributed by atoms with Crippen molar-refractivity contribution in [2.45, 2.75) is 57.6 Å². The Hall–Kier alpha value is -2.41. The van der Waals surface area contributed by atoms with Crippen molar-refractivity contribution in [3.05, 3.63) is 29.8 Å². The topological polar surface area (TPSA) is 95.9 Å². The highest BCUT2D eigenvalue weighted by Crippen LogP contribution is 2.36. The van der Waals surface area contributed by atoms with E-state index >= 15 is 0 Å². The van der Waals surface area contributed by atoms with Gasteiger partial charge in [-0.2, -0.15) is 0 Å². The van der Waals surface area contributed by atoms with Gasteiger partial charge in [0.1, 0.15) is 24.0 Å². The third-order valence-electron chi connectivity index (χ3n) is 5.80. The number of rotatable bonds is 7. The fourth-order valence-electron chi connectivity index (χ4n) is 4.10. The van der Waals surface area contributed by atoms with Gasteiger partial charge in [0.2, 0.25) is 0 Å². The van der Waals surface area contributed by atoms with Crippen molar-refractivity contribution >= 4 is 17.7 Å². The molecular weight excluding hydrogens is 360 g/mol. The molecule has 28 heavy (non-hydrogen) atoms. The quantitative estimate of drug-likeness (QED) is 0.553. The Balaban J connectivity index is 1.58. The summed E-state index contributed by atoms with van der Waals surface area (Å²) in [5.74, 6) is 0.232. The van der Waals surface area contributed by atoms with Crippen LogP contribution in [0.15, 0.2) is 24.3 Å². The van der Waals surface area contributed by atoms with Crippen LogP contribution in [0.1, 0.15) is 56.3 Å². The molecule has 3 amide bonds. The van der Waals surface area contributed by atoms with E-state index in [4.69, 9.17) is 4.74 Å². The first-order valence-electron chi connectivity index (χ1n) is 9.87. The van der Waals surface area contributed by atoms with Gasteiger partial charge in [-0.05, 0) is 44.7 Å². The minimum atomic E-state index is -1.02. The van der Waals surface area contributed by atoms with E-state index in [1.807, 2.05) is 0 Å². The van der Waals surface area contributed by atoms with Crippen molar-refractivity contribution in [2.75, 3.05) is 13.2 Å². The van der Waals surface area contributed by atoms with Gasteiger partial charge in [0.05, 0.1) is 6.54 Å². The average molecular weight is 388 g/mol. The number of urea groups is 1. The van der Waals surface area contributed by atoms with E-state index < -0.39 is 17.7 Å². The van der Waals surface area contributed by atoms with Gasteiger partial charge in [-0.3, -0.25) is 14.5 Å². The van der Waals surface area contributed by atoms with Crippen LogP contribution in [0, 0.1) is 5.92 Å². The zero-order chi connectivity index (χ0) is 20.3. The standard InChI is InChI=1S/C21H28N2O5/c1-14(24)15-7-6-10-18(11-15)28-13-17(25)12-23-19(26)21(2,22-20(23)27)16-8-4-3-5-9-16/h6-7,10-11,16-17,25H,3-5,8-9,12-13H2,1-2H3,(H,22,27). The number of carbonyl (C=O) groups is 3. The Morgan fingerprint density at radius 2 is 2.04 bits per heavy atom. The first-order chi connectivity index (χ1) is 13.3. The molecular formula is C21H28N2O5. The summed E-state index contributed by atoms with van der Waals surface area (Å²) in [5, 5.41) is 13.1.